The summed E-state index contributed by atoms with van der Waals surface area (Å²) in [5.74, 6) is -0.362. The van der Waals surface area contributed by atoms with E-state index >= 15 is 0 Å². The molecule has 3 rings (SSSR count). The summed E-state index contributed by atoms with van der Waals surface area (Å²) in [4.78, 5) is 15.0. The Morgan fingerprint density at radius 1 is 1.47 bits per heavy atom. The fourth-order valence-corrected chi connectivity index (χ4v) is 2.15. The first-order chi connectivity index (χ1) is 9.24. The highest BCUT2D eigenvalue weighted by Crippen LogP contribution is 2.19. The van der Waals surface area contributed by atoms with Crippen molar-refractivity contribution in [2.45, 2.75) is 18.6 Å². The normalized spacial score (nSPS) is 17.1. The molecular formula is C14H16N2O3. The van der Waals surface area contributed by atoms with Gasteiger partial charge in [-0.15, -0.1) is 0 Å². The van der Waals surface area contributed by atoms with Crippen LogP contribution in [0.3, 0.4) is 0 Å². The first-order valence-electron chi connectivity index (χ1n) is 6.33. The molecule has 1 fully saturated rings. The molecule has 1 aliphatic rings. The molecule has 1 aromatic carbocycles. The molecule has 0 bridgehead atoms. The molecule has 0 radical (unpaired) electrons. The van der Waals surface area contributed by atoms with Crippen LogP contribution >= 0.6 is 0 Å². The van der Waals surface area contributed by atoms with Gasteiger partial charge in [-0.1, -0.05) is 18.2 Å². The first kappa shape index (κ1) is 12.2. The fraction of sp³-hybridized carbons (Fsp3) is 0.357. The van der Waals surface area contributed by atoms with Gasteiger partial charge in [-0.3, -0.25) is 4.79 Å². The maximum atomic E-state index is 11.8. The maximum absolute atomic E-state index is 11.8. The molecular weight excluding hydrogens is 244 g/mol. The van der Waals surface area contributed by atoms with Crippen molar-refractivity contribution in [1.29, 1.82) is 0 Å². The first-order valence-corrected chi connectivity index (χ1v) is 6.33. The zero-order valence-corrected chi connectivity index (χ0v) is 10.5. The summed E-state index contributed by atoms with van der Waals surface area (Å²) in [5.41, 5.74) is 7.98. The van der Waals surface area contributed by atoms with Crippen molar-refractivity contribution in [3.05, 3.63) is 36.0 Å². The van der Waals surface area contributed by atoms with Crippen molar-refractivity contribution >= 4 is 16.9 Å². The summed E-state index contributed by atoms with van der Waals surface area (Å²) in [6.45, 7) is 0.955. The van der Waals surface area contributed by atoms with Crippen LogP contribution in [0, 0.1) is 0 Å². The molecule has 0 saturated carbocycles. The number of H-pyrrole nitrogens is 1. The quantitative estimate of drug-likeness (QED) is 0.803. The van der Waals surface area contributed by atoms with Gasteiger partial charge in [0.2, 0.25) is 0 Å². The number of nitrogens with one attached hydrogen (secondary N) is 1. The van der Waals surface area contributed by atoms with Crippen molar-refractivity contribution in [2.24, 2.45) is 5.73 Å². The third-order valence-electron chi connectivity index (χ3n) is 3.31. The molecule has 5 heteroatoms. The minimum absolute atomic E-state index is 0.124. The monoisotopic (exact) mass is 260 g/mol. The van der Waals surface area contributed by atoms with E-state index in [1.54, 1.807) is 0 Å². The second-order valence-corrected chi connectivity index (χ2v) is 4.77. The minimum atomic E-state index is -0.639. The van der Waals surface area contributed by atoms with E-state index in [1.807, 2.05) is 30.5 Å². The molecule has 1 aliphatic heterocycles. The smallest absolute Gasteiger partial charge is 0.323 e. The van der Waals surface area contributed by atoms with Gasteiger partial charge in [0.05, 0.1) is 13.2 Å². The molecule has 3 N–H and O–H groups in total. The predicted octanol–water partition coefficient (Wildman–Crippen LogP) is 0.980. The average molecular weight is 260 g/mol. The lowest BCUT2D eigenvalue weighted by Crippen LogP contribution is -2.43. The van der Waals surface area contributed by atoms with Gasteiger partial charge in [0.1, 0.15) is 12.1 Å². The molecule has 19 heavy (non-hydrogen) atoms. The van der Waals surface area contributed by atoms with Gasteiger partial charge in [0.15, 0.2) is 0 Å². The van der Waals surface area contributed by atoms with E-state index in [4.69, 9.17) is 15.2 Å². The minimum Gasteiger partial charge on any atom is -0.456 e. The van der Waals surface area contributed by atoms with E-state index in [2.05, 4.69) is 4.98 Å². The van der Waals surface area contributed by atoms with Crippen molar-refractivity contribution < 1.29 is 14.3 Å². The van der Waals surface area contributed by atoms with E-state index in [9.17, 15) is 4.79 Å². The molecule has 1 saturated heterocycles. The highest BCUT2D eigenvalue weighted by molar-refractivity contribution is 5.84. The Bertz CT molecular complexity index is 589. The Balaban J connectivity index is 1.68. The van der Waals surface area contributed by atoms with E-state index in [-0.39, 0.29) is 12.1 Å². The van der Waals surface area contributed by atoms with Crippen LogP contribution in [0.25, 0.3) is 10.9 Å². The molecule has 1 atom stereocenters. The van der Waals surface area contributed by atoms with Crippen molar-refractivity contribution in [1.82, 2.24) is 4.98 Å². The third kappa shape index (κ3) is 2.47. The number of rotatable bonds is 4. The number of nitrogens with two attached hydrogens (primary N) is 1. The van der Waals surface area contributed by atoms with Crippen molar-refractivity contribution in [2.75, 3.05) is 13.2 Å². The summed E-state index contributed by atoms with van der Waals surface area (Å²) in [5, 5.41) is 1.10. The number of esters is 1. The Morgan fingerprint density at radius 2 is 2.26 bits per heavy atom. The maximum Gasteiger partial charge on any atom is 0.323 e. The topological polar surface area (TPSA) is 77.3 Å². The van der Waals surface area contributed by atoms with Crippen LogP contribution in [-0.2, 0) is 20.7 Å². The van der Waals surface area contributed by atoms with Gasteiger partial charge in [0.25, 0.3) is 0 Å². The predicted molar refractivity (Wildman–Crippen MR) is 70.7 cm³/mol. The van der Waals surface area contributed by atoms with Gasteiger partial charge in [-0.25, -0.2) is 0 Å². The second kappa shape index (κ2) is 5.03. The SMILES string of the molecule is NC(Cc1c[nH]c2ccccc12)C(=O)OC1COC1. The van der Waals surface area contributed by atoms with Gasteiger partial charge < -0.3 is 20.2 Å². The number of para-hydroxylation sites is 1. The molecule has 100 valence electrons. The molecule has 1 unspecified atom stereocenters. The number of aromatic nitrogens is 1. The largest absolute Gasteiger partial charge is 0.456 e. The number of fused-ring (bicyclic) bond motifs is 1. The van der Waals surface area contributed by atoms with Gasteiger partial charge >= 0.3 is 5.97 Å². The molecule has 0 aliphatic carbocycles. The lowest BCUT2D eigenvalue weighted by molar-refractivity contribution is -0.173. The number of aromatic amines is 1. The Kier molecular flexibility index (Phi) is 3.23. The summed E-state index contributed by atoms with van der Waals surface area (Å²) in [6.07, 6.45) is 2.24. The highest BCUT2D eigenvalue weighted by Gasteiger charge is 2.26. The lowest BCUT2D eigenvalue weighted by Gasteiger charge is -2.26. The molecule has 2 aromatic rings. The van der Waals surface area contributed by atoms with Crippen LogP contribution < -0.4 is 5.73 Å². The number of hydrogen-bond donors (Lipinski definition) is 2. The zero-order chi connectivity index (χ0) is 13.2. The summed E-state index contributed by atoms with van der Waals surface area (Å²) >= 11 is 0. The van der Waals surface area contributed by atoms with E-state index < -0.39 is 6.04 Å². The van der Waals surface area contributed by atoms with Gasteiger partial charge in [0, 0.05) is 23.5 Å². The Hall–Kier alpha value is -1.85. The highest BCUT2D eigenvalue weighted by atomic mass is 16.6. The van der Waals surface area contributed by atoms with Crippen LogP contribution in [0.1, 0.15) is 5.56 Å². The second-order valence-electron chi connectivity index (χ2n) is 4.77. The molecule has 0 amide bonds. The van der Waals surface area contributed by atoms with Crippen LogP contribution in [0.4, 0.5) is 0 Å². The standard InChI is InChI=1S/C14H16N2O3/c15-12(14(17)19-10-7-18-8-10)5-9-6-16-13-4-2-1-3-11(9)13/h1-4,6,10,12,16H,5,7-8,15H2. The number of hydrogen-bond acceptors (Lipinski definition) is 4. The summed E-state index contributed by atoms with van der Waals surface area (Å²) < 4.78 is 10.2. The molecule has 2 heterocycles. The number of benzene rings is 1. The summed E-state index contributed by atoms with van der Waals surface area (Å²) in [7, 11) is 0. The van der Waals surface area contributed by atoms with Crippen LogP contribution in [-0.4, -0.2) is 36.3 Å². The van der Waals surface area contributed by atoms with Crippen molar-refractivity contribution in [3.8, 4) is 0 Å². The number of carbonyl (C=O) groups is 1. The number of carbonyl (C=O) groups excluding carboxylic acids is 1. The molecule has 1 aromatic heterocycles. The number of ether oxygens (including phenoxy) is 2. The van der Waals surface area contributed by atoms with Crippen LogP contribution in [0.5, 0.6) is 0 Å². The molecule has 5 nitrogen and oxygen atoms in total. The molecule has 0 spiro atoms. The van der Waals surface area contributed by atoms with Crippen LogP contribution in [0.15, 0.2) is 30.5 Å². The Labute approximate surface area is 110 Å². The van der Waals surface area contributed by atoms with E-state index in [1.165, 1.54) is 0 Å². The van der Waals surface area contributed by atoms with Crippen LogP contribution in [0.2, 0.25) is 0 Å². The fourth-order valence-electron chi connectivity index (χ4n) is 2.15. The Morgan fingerprint density at radius 3 is 3.00 bits per heavy atom. The van der Waals surface area contributed by atoms with E-state index in [0.29, 0.717) is 19.6 Å². The lowest BCUT2D eigenvalue weighted by atomic mass is 10.1. The third-order valence-corrected chi connectivity index (χ3v) is 3.31. The average Bonchev–Trinajstić information content (AvgIpc) is 2.77. The summed E-state index contributed by atoms with van der Waals surface area (Å²) in [6, 6.07) is 7.30. The van der Waals surface area contributed by atoms with Crippen molar-refractivity contribution in [3.63, 3.8) is 0 Å². The van der Waals surface area contributed by atoms with Gasteiger partial charge in [-0.05, 0) is 11.6 Å². The van der Waals surface area contributed by atoms with E-state index in [0.717, 1.165) is 16.5 Å². The van der Waals surface area contributed by atoms with Gasteiger partial charge in [-0.2, -0.15) is 0 Å². The zero-order valence-electron chi connectivity index (χ0n) is 10.5.